The van der Waals surface area contributed by atoms with Gasteiger partial charge in [0.2, 0.25) is 0 Å². The number of aliphatic hydroxyl groups excluding tert-OH is 1. The maximum atomic E-state index is 9.75. The molecule has 0 radical (unpaired) electrons. The van der Waals surface area contributed by atoms with Gasteiger partial charge in [-0.25, -0.2) is 0 Å². The molecule has 0 spiro atoms. The summed E-state index contributed by atoms with van der Waals surface area (Å²) in [6, 6.07) is 0. The SMILES string of the molecule is C=C/C=C(\C=C)C(O)CC(C)CC. The van der Waals surface area contributed by atoms with E-state index in [0.29, 0.717) is 5.92 Å². The second-order valence-electron chi connectivity index (χ2n) is 3.37. The molecule has 0 saturated heterocycles. The first-order valence-electron chi connectivity index (χ1n) is 4.78. The minimum Gasteiger partial charge on any atom is -0.388 e. The quantitative estimate of drug-likeness (QED) is 0.623. The van der Waals surface area contributed by atoms with E-state index < -0.39 is 6.10 Å². The van der Waals surface area contributed by atoms with Gasteiger partial charge in [0.25, 0.3) is 0 Å². The molecule has 0 aromatic heterocycles. The molecule has 1 N–H and O–H groups in total. The summed E-state index contributed by atoms with van der Waals surface area (Å²) < 4.78 is 0. The van der Waals surface area contributed by atoms with Gasteiger partial charge in [-0.1, -0.05) is 51.7 Å². The highest BCUT2D eigenvalue weighted by molar-refractivity contribution is 5.24. The van der Waals surface area contributed by atoms with Crippen molar-refractivity contribution in [2.24, 2.45) is 5.92 Å². The fraction of sp³-hybridized carbons (Fsp3) is 0.500. The lowest BCUT2D eigenvalue weighted by Gasteiger charge is -2.15. The lowest BCUT2D eigenvalue weighted by atomic mass is 9.96. The zero-order valence-electron chi connectivity index (χ0n) is 8.66. The van der Waals surface area contributed by atoms with E-state index in [4.69, 9.17) is 0 Å². The Balaban J connectivity index is 4.21. The van der Waals surface area contributed by atoms with Crippen LogP contribution in [0.2, 0.25) is 0 Å². The highest BCUT2D eigenvalue weighted by atomic mass is 16.3. The van der Waals surface area contributed by atoms with Crippen LogP contribution in [0.25, 0.3) is 0 Å². The van der Waals surface area contributed by atoms with Gasteiger partial charge in [-0.15, -0.1) is 0 Å². The predicted molar refractivity (Wildman–Crippen MR) is 58.6 cm³/mol. The van der Waals surface area contributed by atoms with Crippen molar-refractivity contribution < 1.29 is 5.11 Å². The summed E-state index contributed by atoms with van der Waals surface area (Å²) in [7, 11) is 0. The minimum absolute atomic E-state index is 0.398. The van der Waals surface area contributed by atoms with Crippen molar-refractivity contribution in [3.05, 3.63) is 37.0 Å². The molecule has 0 saturated carbocycles. The maximum absolute atomic E-state index is 9.75. The Labute approximate surface area is 81.5 Å². The summed E-state index contributed by atoms with van der Waals surface area (Å²) in [5.41, 5.74) is 0.857. The maximum Gasteiger partial charge on any atom is 0.0792 e. The molecule has 13 heavy (non-hydrogen) atoms. The van der Waals surface area contributed by atoms with Crippen molar-refractivity contribution in [3.8, 4) is 0 Å². The van der Waals surface area contributed by atoms with Gasteiger partial charge in [0.1, 0.15) is 0 Å². The molecule has 0 bridgehead atoms. The third-order valence-electron chi connectivity index (χ3n) is 2.25. The van der Waals surface area contributed by atoms with Crippen molar-refractivity contribution >= 4 is 0 Å². The summed E-state index contributed by atoms with van der Waals surface area (Å²) in [4.78, 5) is 0. The van der Waals surface area contributed by atoms with Crippen LogP contribution in [-0.4, -0.2) is 11.2 Å². The van der Waals surface area contributed by atoms with Crippen LogP contribution in [0.4, 0.5) is 0 Å². The molecule has 0 heterocycles. The van der Waals surface area contributed by atoms with Gasteiger partial charge < -0.3 is 5.11 Å². The zero-order valence-corrected chi connectivity index (χ0v) is 8.66. The zero-order chi connectivity index (χ0) is 10.3. The summed E-state index contributed by atoms with van der Waals surface area (Å²) >= 11 is 0. The van der Waals surface area contributed by atoms with E-state index in [0.717, 1.165) is 18.4 Å². The van der Waals surface area contributed by atoms with E-state index in [-0.39, 0.29) is 0 Å². The van der Waals surface area contributed by atoms with Crippen LogP contribution in [0.3, 0.4) is 0 Å². The Morgan fingerprint density at radius 3 is 2.46 bits per heavy atom. The third-order valence-corrected chi connectivity index (χ3v) is 2.25. The van der Waals surface area contributed by atoms with Gasteiger partial charge in [-0.05, 0) is 17.9 Å². The van der Waals surface area contributed by atoms with Crippen LogP contribution in [0.1, 0.15) is 26.7 Å². The minimum atomic E-state index is -0.398. The lowest BCUT2D eigenvalue weighted by molar-refractivity contribution is 0.181. The first kappa shape index (κ1) is 12.2. The Morgan fingerprint density at radius 1 is 1.46 bits per heavy atom. The van der Waals surface area contributed by atoms with Crippen LogP contribution < -0.4 is 0 Å². The van der Waals surface area contributed by atoms with Gasteiger partial charge in [-0.3, -0.25) is 0 Å². The molecule has 0 rings (SSSR count). The molecule has 0 aromatic rings. The molecule has 0 aliphatic heterocycles. The molecule has 1 heteroatoms. The first-order chi connectivity index (χ1) is 6.15. The lowest BCUT2D eigenvalue weighted by Crippen LogP contribution is -2.13. The Morgan fingerprint density at radius 2 is 2.08 bits per heavy atom. The molecule has 0 aromatic carbocycles. The van der Waals surface area contributed by atoms with Crippen LogP contribution in [0.15, 0.2) is 37.0 Å². The number of aliphatic hydroxyl groups is 1. The van der Waals surface area contributed by atoms with E-state index in [1.54, 1.807) is 18.2 Å². The van der Waals surface area contributed by atoms with Gasteiger partial charge in [0, 0.05) is 0 Å². The van der Waals surface area contributed by atoms with E-state index in [1.807, 2.05) is 0 Å². The highest BCUT2D eigenvalue weighted by Crippen LogP contribution is 2.16. The van der Waals surface area contributed by atoms with E-state index in [1.165, 1.54) is 0 Å². The van der Waals surface area contributed by atoms with Crippen LogP contribution in [0, 0.1) is 5.92 Å². The first-order valence-corrected chi connectivity index (χ1v) is 4.78. The second-order valence-corrected chi connectivity index (χ2v) is 3.37. The largest absolute Gasteiger partial charge is 0.388 e. The molecule has 0 aliphatic rings. The summed E-state index contributed by atoms with van der Waals surface area (Å²) in [6.07, 6.45) is 6.66. The molecule has 2 atom stereocenters. The molecule has 74 valence electrons. The normalized spacial score (nSPS) is 16.4. The average Bonchev–Trinajstić information content (AvgIpc) is 2.13. The smallest absolute Gasteiger partial charge is 0.0792 e. The Hall–Kier alpha value is -0.820. The molecular weight excluding hydrogens is 160 g/mol. The topological polar surface area (TPSA) is 20.2 Å². The monoisotopic (exact) mass is 180 g/mol. The van der Waals surface area contributed by atoms with E-state index in [2.05, 4.69) is 27.0 Å². The summed E-state index contributed by atoms with van der Waals surface area (Å²) in [5, 5.41) is 9.75. The van der Waals surface area contributed by atoms with Gasteiger partial charge >= 0.3 is 0 Å². The highest BCUT2D eigenvalue weighted by Gasteiger charge is 2.10. The predicted octanol–water partition coefficient (Wildman–Crippen LogP) is 3.08. The molecule has 0 aliphatic carbocycles. The van der Waals surface area contributed by atoms with E-state index in [9.17, 15) is 5.11 Å². The van der Waals surface area contributed by atoms with Crippen molar-refractivity contribution in [3.63, 3.8) is 0 Å². The molecule has 1 nitrogen and oxygen atoms in total. The number of hydrogen-bond donors (Lipinski definition) is 1. The van der Waals surface area contributed by atoms with Crippen molar-refractivity contribution in [1.29, 1.82) is 0 Å². The Kier molecular flexibility index (Phi) is 6.25. The van der Waals surface area contributed by atoms with Crippen molar-refractivity contribution in [2.45, 2.75) is 32.8 Å². The summed E-state index contributed by atoms with van der Waals surface area (Å²) in [6.45, 7) is 11.5. The Bertz CT molecular complexity index is 191. The van der Waals surface area contributed by atoms with Crippen molar-refractivity contribution in [1.82, 2.24) is 0 Å². The van der Waals surface area contributed by atoms with Crippen LogP contribution in [-0.2, 0) is 0 Å². The number of rotatable bonds is 6. The number of allylic oxidation sites excluding steroid dienone is 2. The third kappa shape index (κ3) is 4.69. The van der Waals surface area contributed by atoms with Crippen LogP contribution in [0.5, 0.6) is 0 Å². The molecular formula is C12H20O. The fourth-order valence-electron chi connectivity index (χ4n) is 1.14. The molecule has 2 unspecified atom stereocenters. The fourth-order valence-corrected chi connectivity index (χ4v) is 1.14. The van der Waals surface area contributed by atoms with Gasteiger partial charge in [-0.2, -0.15) is 0 Å². The standard InChI is InChI=1S/C12H20O/c1-5-8-11(7-3)12(13)9-10(4)6-2/h5,7-8,10,12-13H,1,3,6,9H2,2,4H3/b11-8+. The average molecular weight is 180 g/mol. The molecule has 0 amide bonds. The summed E-state index contributed by atoms with van der Waals surface area (Å²) in [5.74, 6) is 0.545. The molecule has 0 fully saturated rings. The van der Waals surface area contributed by atoms with Crippen LogP contribution >= 0.6 is 0 Å². The van der Waals surface area contributed by atoms with Gasteiger partial charge in [0.05, 0.1) is 6.10 Å². The second kappa shape index (κ2) is 6.67. The van der Waals surface area contributed by atoms with Crippen molar-refractivity contribution in [2.75, 3.05) is 0 Å². The number of hydrogen-bond acceptors (Lipinski definition) is 1. The van der Waals surface area contributed by atoms with Gasteiger partial charge in [0.15, 0.2) is 0 Å². The van der Waals surface area contributed by atoms with E-state index >= 15 is 0 Å².